The van der Waals surface area contributed by atoms with E-state index >= 15 is 0 Å². The Balaban J connectivity index is 1.40. The van der Waals surface area contributed by atoms with Gasteiger partial charge < -0.3 is 9.72 Å². The number of rotatable bonds is 5. The van der Waals surface area contributed by atoms with Crippen molar-refractivity contribution in [1.29, 1.82) is 0 Å². The smallest absolute Gasteiger partial charge is 0.340 e. The monoisotopic (exact) mass is 454 g/mol. The molecule has 1 aliphatic carbocycles. The van der Waals surface area contributed by atoms with Crippen LogP contribution < -0.4 is 5.56 Å². The van der Waals surface area contributed by atoms with Crippen LogP contribution >= 0.6 is 34.0 Å². The van der Waals surface area contributed by atoms with Crippen molar-refractivity contribution in [2.45, 2.75) is 32.3 Å². The second kappa shape index (κ2) is 8.29. The van der Waals surface area contributed by atoms with Gasteiger partial charge in [0.2, 0.25) is 0 Å². The zero-order chi connectivity index (χ0) is 20.5. The van der Waals surface area contributed by atoms with E-state index in [1.165, 1.54) is 16.2 Å². The van der Waals surface area contributed by atoms with Gasteiger partial charge in [0.05, 0.1) is 11.0 Å². The average molecular weight is 455 g/mol. The molecule has 0 saturated heterocycles. The number of thiophene rings is 3. The van der Waals surface area contributed by atoms with E-state index in [1.807, 2.05) is 41.1 Å². The van der Waals surface area contributed by atoms with Gasteiger partial charge in [0.15, 0.2) is 0 Å². The number of nitrogens with zero attached hydrogens (tertiary/aromatic N) is 1. The van der Waals surface area contributed by atoms with Crippen molar-refractivity contribution < 1.29 is 9.53 Å². The Hall–Kier alpha value is -2.55. The van der Waals surface area contributed by atoms with Gasteiger partial charge in [0.1, 0.15) is 17.3 Å². The standard InChI is InChI=1S/C22H18N2O3S3/c25-20-19-14-6-1-2-7-17(14)30-21(19)24-18(23-20)12-27-22(26)15(16-8-4-10-29-16)11-13-5-3-9-28-13/h3-5,8-11H,1-2,6-7,12H2,(H,23,24,25)/b15-11+. The van der Waals surface area contributed by atoms with Crippen LogP contribution in [0.3, 0.4) is 0 Å². The van der Waals surface area contributed by atoms with Crippen molar-refractivity contribution in [1.82, 2.24) is 9.97 Å². The fourth-order valence-electron chi connectivity index (χ4n) is 3.67. The molecule has 0 saturated carbocycles. The van der Waals surface area contributed by atoms with Crippen LogP contribution in [0.25, 0.3) is 21.9 Å². The maximum absolute atomic E-state index is 12.9. The van der Waals surface area contributed by atoms with Gasteiger partial charge in [-0.15, -0.1) is 34.0 Å². The first kappa shape index (κ1) is 19.4. The van der Waals surface area contributed by atoms with Crippen molar-refractivity contribution in [2.24, 2.45) is 0 Å². The fraction of sp³-hybridized carbons (Fsp3) is 0.227. The van der Waals surface area contributed by atoms with E-state index in [-0.39, 0.29) is 12.2 Å². The number of nitrogens with one attached hydrogen (secondary N) is 1. The van der Waals surface area contributed by atoms with Crippen LogP contribution in [-0.4, -0.2) is 15.9 Å². The van der Waals surface area contributed by atoms with Crippen LogP contribution in [-0.2, 0) is 29.0 Å². The number of esters is 1. The van der Waals surface area contributed by atoms with Gasteiger partial charge in [0.25, 0.3) is 5.56 Å². The Kier molecular flexibility index (Phi) is 5.37. The number of aryl methyl sites for hydroxylation is 2. The molecule has 0 atom stereocenters. The number of aromatic amines is 1. The second-order valence-electron chi connectivity index (χ2n) is 7.03. The lowest BCUT2D eigenvalue weighted by molar-refractivity contribution is -0.138. The summed E-state index contributed by atoms with van der Waals surface area (Å²) in [5, 5.41) is 4.60. The average Bonchev–Trinajstić information content (AvgIpc) is 3.50. The largest absolute Gasteiger partial charge is 0.454 e. The molecule has 1 aliphatic rings. The number of hydrogen-bond donors (Lipinski definition) is 1. The summed E-state index contributed by atoms with van der Waals surface area (Å²) in [6, 6.07) is 7.70. The molecule has 152 valence electrons. The highest BCUT2D eigenvalue weighted by Crippen LogP contribution is 2.33. The SMILES string of the molecule is O=C(OCc1nc2sc3c(c2c(=O)[nH]1)CCCC3)/C(=C/c1cccs1)c1cccs1. The highest BCUT2D eigenvalue weighted by Gasteiger charge is 2.21. The third-order valence-corrected chi connectivity index (χ3v) is 7.96. The number of carbonyl (C=O) groups is 1. The molecule has 0 aliphatic heterocycles. The number of ether oxygens (including phenoxy) is 1. The van der Waals surface area contributed by atoms with Crippen molar-refractivity contribution >= 4 is 61.8 Å². The van der Waals surface area contributed by atoms with Crippen molar-refractivity contribution in [3.8, 4) is 0 Å². The van der Waals surface area contributed by atoms with Crippen LogP contribution in [0.5, 0.6) is 0 Å². The number of fused-ring (bicyclic) bond motifs is 3. The first-order valence-corrected chi connectivity index (χ1v) is 12.3. The summed E-state index contributed by atoms with van der Waals surface area (Å²) in [6.07, 6.45) is 6.05. The van der Waals surface area contributed by atoms with Crippen LogP contribution in [0.4, 0.5) is 0 Å². The summed E-state index contributed by atoms with van der Waals surface area (Å²) < 4.78 is 5.54. The number of carbonyl (C=O) groups excluding carboxylic acids is 1. The highest BCUT2D eigenvalue weighted by atomic mass is 32.1. The molecule has 5 nitrogen and oxygen atoms in total. The minimum atomic E-state index is -0.431. The molecule has 8 heteroatoms. The van der Waals surface area contributed by atoms with Crippen molar-refractivity contribution in [2.75, 3.05) is 0 Å². The van der Waals surface area contributed by atoms with E-state index in [9.17, 15) is 9.59 Å². The third kappa shape index (κ3) is 3.78. The minimum absolute atomic E-state index is 0.0697. The summed E-state index contributed by atoms with van der Waals surface area (Å²) in [5.74, 6) is -0.0554. The summed E-state index contributed by atoms with van der Waals surface area (Å²) in [4.78, 5) is 36.7. The minimum Gasteiger partial charge on any atom is -0.454 e. The van der Waals surface area contributed by atoms with Crippen LogP contribution in [0, 0.1) is 0 Å². The predicted octanol–water partition coefficient (Wildman–Crippen LogP) is 5.27. The van der Waals surface area contributed by atoms with Crippen LogP contribution in [0.15, 0.2) is 39.8 Å². The first-order valence-electron chi connectivity index (χ1n) is 9.68. The molecule has 0 radical (unpaired) electrons. The maximum atomic E-state index is 12.9. The van der Waals surface area contributed by atoms with E-state index in [4.69, 9.17) is 4.74 Å². The molecule has 0 amide bonds. The molecule has 0 unspecified atom stereocenters. The summed E-state index contributed by atoms with van der Waals surface area (Å²) in [7, 11) is 0. The topological polar surface area (TPSA) is 72.0 Å². The Bertz CT molecular complexity index is 1280. The Morgan fingerprint density at radius 2 is 2.00 bits per heavy atom. The lowest BCUT2D eigenvalue weighted by Gasteiger charge is -2.09. The normalized spacial score (nSPS) is 14.1. The second-order valence-corrected chi connectivity index (χ2v) is 10.0. The first-order chi connectivity index (χ1) is 14.7. The molecule has 30 heavy (non-hydrogen) atoms. The third-order valence-electron chi connectivity index (χ3n) is 5.05. The summed E-state index contributed by atoms with van der Waals surface area (Å²) in [5.41, 5.74) is 1.51. The zero-order valence-electron chi connectivity index (χ0n) is 16.0. The highest BCUT2D eigenvalue weighted by molar-refractivity contribution is 7.18. The molecular formula is C22H18N2O3S3. The Labute approximate surface area is 184 Å². The summed E-state index contributed by atoms with van der Waals surface area (Å²) in [6.45, 7) is -0.0697. The Morgan fingerprint density at radius 1 is 1.17 bits per heavy atom. The number of H-pyrrole nitrogens is 1. The molecule has 0 bridgehead atoms. The number of aromatic nitrogens is 2. The molecule has 4 heterocycles. The molecule has 1 N–H and O–H groups in total. The molecule has 0 spiro atoms. The van der Waals surface area contributed by atoms with Gasteiger partial charge in [-0.25, -0.2) is 9.78 Å². The number of hydrogen-bond acceptors (Lipinski definition) is 7. The Morgan fingerprint density at radius 3 is 2.80 bits per heavy atom. The van der Waals surface area contributed by atoms with Crippen molar-refractivity contribution in [3.05, 3.63) is 71.4 Å². The summed E-state index contributed by atoms with van der Waals surface area (Å²) >= 11 is 4.63. The van der Waals surface area contributed by atoms with E-state index in [0.29, 0.717) is 16.8 Å². The molecule has 4 aromatic heterocycles. The quantitative estimate of drug-likeness (QED) is 0.329. The van der Waals surface area contributed by atoms with E-state index in [1.54, 1.807) is 22.7 Å². The van der Waals surface area contributed by atoms with Crippen LogP contribution in [0.2, 0.25) is 0 Å². The van der Waals surface area contributed by atoms with Gasteiger partial charge >= 0.3 is 5.97 Å². The molecular weight excluding hydrogens is 436 g/mol. The van der Waals surface area contributed by atoms with E-state index in [2.05, 4.69) is 9.97 Å². The lowest BCUT2D eigenvalue weighted by Crippen LogP contribution is -2.15. The zero-order valence-corrected chi connectivity index (χ0v) is 18.4. The molecule has 4 aromatic rings. The van der Waals surface area contributed by atoms with Gasteiger partial charge in [-0.1, -0.05) is 12.1 Å². The maximum Gasteiger partial charge on any atom is 0.340 e. The fourth-order valence-corrected chi connectivity index (χ4v) is 6.33. The van der Waals surface area contributed by atoms with Gasteiger partial charge in [-0.05, 0) is 60.2 Å². The molecule has 0 fully saturated rings. The van der Waals surface area contributed by atoms with Gasteiger partial charge in [0, 0.05) is 14.6 Å². The lowest BCUT2D eigenvalue weighted by atomic mass is 9.97. The van der Waals surface area contributed by atoms with Gasteiger partial charge in [-0.3, -0.25) is 4.79 Å². The molecule has 0 aromatic carbocycles. The van der Waals surface area contributed by atoms with E-state index < -0.39 is 5.97 Å². The predicted molar refractivity (Wildman–Crippen MR) is 123 cm³/mol. The van der Waals surface area contributed by atoms with Gasteiger partial charge in [-0.2, -0.15) is 0 Å². The molecule has 5 rings (SSSR count). The van der Waals surface area contributed by atoms with Crippen LogP contribution in [0.1, 0.15) is 38.9 Å². The van der Waals surface area contributed by atoms with E-state index in [0.717, 1.165) is 45.8 Å². The van der Waals surface area contributed by atoms with Crippen molar-refractivity contribution in [3.63, 3.8) is 0 Å².